The summed E-state index contributed by atoms with van der Waals surface area (Å²) in [5.74, 6) is 0.253. The van der Waals surface area contributed by atoms with Crippen molar-refractivity contribution in [3.63, 3.8) is 0 Å². The van der Waals surface area contributed by atoms with Gasteiger partial charge >= 0.3 is 0 Å². The van der Waals surface area contributed by atoms with Gasteiger partial charge in [0, 0.05) is 55.3 Å². The minimum atomic E-state index is -0.813. The largest absolute Gasteiger partial charge is 0.379 e. The summed E-state index contributed by atoms with van der Waals surface area (Å²) >= 11 is 0. The Morgan fingerprint density at radius 3 is 2.35 bits per heavy atom. The number of rotatable bonds is 13. The number of hydrogen-bond acceptors (Lipinski definition) is 9. The molecule has 3 aromatic carbocycles. The Kier molecular flexibility index (Phi) is 13.6. The van der Waals surface area contributed by atoms with E-state index in [-0.39, 0.29) is 42.5 Å². The molecule has 1 aliphatic heterocycles. The Hall–Kier alpha value is -4.69. The van der Waals surface area contributed by atoms with Crippen LogP contribution in [-0.2, 0) is 20.7 Å². The summed E-state index contributed by atoms with van der Waals surface area (Å²) < 4.78 is 5.40. The highest BCUT2D eigenvalue weighted by Crippen LogP contribution is 2.29. The number of H-pyrrole nitrogens is 1. The van der Waals surface area contributed by atoms with Gasteiger partial charge in [0.05, 0.1) is 13.2 Å². The Morgan fingerprint density at radius 1 is 0.922 bits per heavy atom. The zero-order valence-corrected chi connectivity index (χ0v) is 29.4. The molecule has 4 aromatic rings. The number of hydrogen-bond donors (Lipinski definition) is 5. The van der Waals surface area contributed by atoms with Crippen LogP contribution in [0.1, 0.15) is 41.6 Å². The van der Waals surface area contributed by atoms with Crippen molar-refractivity contribution in [1.29, 1.82) is 0 Å². The average molecular weight is 716 g/mol. The lowest BCUT2D eigenvalue weighted by Gasteiger charge is -2.28. The number of aromatic amines is 1. The summed E-state index contributed by atoms with van der Waals surface area (Å²) in [5, 5.41) is 23.0. The molecular weight excluding hydrogens is 670 g/mol. The van der Waals surface area contributed by atoms with Gasteiger partial charge in [-0.15, -0.1) is 17.5 Å². The number of nitrogens with one attached hydrogen (secondary N) is 4. The zero-order chi connectivity index (χ0) is 34.7. The number of nitrogens with two attached hydrogens (primary N) is 1. The van der Waals surface area contributed by atoms with E-state index in [1.165, 1.54) is 0 Å². The van der Waals surface area contributed by atoms with Crippen LogP contribution < -0.4 is 21.7 Å². The van der Waals surface area contributed by atoms with E-state index in [2.05, 4.69) is 41.5 Å². The number of carbonyl (C=O) groups is 3. The van der Waals surface area contributed by atoms with Crippen LogP contribution in [0.3, 0.4) is 0 Å². The standard InChI is InChI=1S/C37H45N9O4.ClH/c38-24-25-7-9-28(10-8-25)36(48)41-33(37(49)40-32-13-11-27(12-14-32)34-42-44-45-43-34)22-26-3-1-4-29(21-26)30-5-2-6-31(23-30)35(47)39-15-16-46-17-19-50-20-18-46;/h1-6,11-14,21,23,25,28,33H,7-10,15-20,22,24,38H2,(H,39,47)(H,40,49)(H,41,48)(H,42,43,44,45);1H/t25?,28?,33-;/m0./s1. The Bertz CT molecular complexity index is 1720. The van der Waals surface area contributed by atoms with E-state index in [1.54, 1.807) is 12.1 Å². The molecule has 1 aromatic heterocycles. The van der Waals surface area contributed by atoms with Gasteiger partial charge in [0.25, 0.3) is 5.91 Å². The Labute approximate surface area is 303 Å². The number of carbonyl (C=O) groups excluding carboxylic acids is 3. The van der Waals surface area contributed by atoms with Gasteiger partial charge in [0.2, 0.25) is 11.8 Å². The van der Waals surface area contributed by atoms with Crippen molar-refractivity contribution in [3.8, 4) is 22.5 Å². The molecule has 6 rings (SSSR count). The molecule has 270 valence electrons. The number of nitrogens with zero attached hydrogens (tertiary/aromatic N) is 4. The molecule has 3 amide bonds. The minimum Gasteiger partial charge on any atom is -0.379 e. The molecule has 51 heavy (non-hydrogen) atoms. The SMILES string of the molecule is Cl.NCC1CCC(C(=O)N[C@@H](Cc2cccc(-c3cccc(C(=O)NCCN4CCOCC4)c3)c2)C(=O)Nc2ccc(-c3nnn[nH]3)cc2)CC1. The van der Waals surface area contributed by atoms with Gasteiger partial charge in [-0.3, -0.25) is 19.3 Å². The Balaban J connectivity index is 0.00000504. The molecular formula is C37H46ClN9O4. The van der Waals surface area contributed by atoms with Crippen LogP contribution in [-0.4, -0.2) is 95.2 Å². The number of tetrazole rings is 1. The van der Waals surface area contributed by atoms with Gasteiger partial charge in [-0.25, -0.2) is 5.10 Å². The lowest BCUT2D eigenvalue weighted by atomic mass is 9.81. The number of anilines is 1. The molecule has 2 heterocycles. The number of benzene rings is 3. The fourth-order valence-corrected chi connectivity index (χ4v) is 6.59. The molecule has 0 spiro atoms. The summed E-state index contributed by atoms with van der Waals surface area (Å²) in [4.78, 5) is 42.5. The topological polar surface area (TPSA) is 180 Å². The van der Waals surface area contributed by atoms with Crippen LogP contribution in [0, 0.1) is 11.8 Å². The van der Waals surface area contributed by atoms with E-state index in [0.29, 0.717) is 36.1 Å². The predicted octanol–water partition coefficient (Wildman–Crippen LogP) is 3.45. The molecule has 0 unspecified atom stereocenters. The third-order valence-corrected chi connectivity index (χ3v) is 9.60. The van der Waals surface area contributed by atoms with Crippen molar-refractivity contribution in [2.24, 2.45) is 17.6 Å². The fraction of sp³-hybridized carbons (Fsp3) is 0.405. The first-order valence-corrected chi connectivity index (χ1v) is 17.4. The second-order valence-electron chi connectivity index (χ2n) is 13.0. The van der Waals surface area contributed by atoms with Crippen molar-refractivity contribution in [3.05, 3.63) is 83.9 Å². The lowest BCUT2D eigenvalue weighted by molar-refractivity contribution is -0.130. The van der Waals surface area contributed by atoms with Crippen LogP contribution in [0.25, 0.3) is 22.5 Å². The normalized spacial score (nSPS) is 18.2. The van der Waals surface area contributed by atoms with E-state index in [4.69, 9.17) is 10.5 Å². The van der Waals surface area contributed by atoms with Gasteiger partial charge < -0.3 is 26.4 Å². The predicted molar refractivity (Wildman–Crippen MR) is 197 cm³/mol. The summed E-state index contributed by atoms with van der Waals surface area (Å²) in [7, 11) is 0. The third kappa shape index (κ3) is 10.4. The maximum atomic E-state index is 13.8. The van der Waals surface area contributed by atoms with E-state index in [0.717, 1.165) is 80.8 Å². The van der Waals surface area contributed by atoms with E-state index >= 15 is 0 Å². The number of amides is 3. The van der Waals surface area contributed by atoms with E-state index in [1.807, 2.05) is 60.7 Å². The van der Waals surface area contributed by atoms with Crippen LogP contribution >= 0.6 is 12.4 Å². The van der Waals surface area contributed by atoms with Gasteiger partial charge in [-0.2, -0.15) is 0 Å². The highest BCUT2D eigenvalue weighted by atomic mass is 35.5. The van der Waals surface area contributed by atoms with Crippen LogP contribution in [0.15, 0.2) is 72.8 Å². The molecule has 2 aliphatic rings. The van der Waals surface area contributed by atoms with Crippen LogP contribution in [0.2, 0.25) is 0 Å². The van der Waals surface area contributed by atoms with Crippen molar-refractivity contribution in [2.45, 2.75) is 38.1 Å². The summed E-state index contributed by atoms with van der Waals surface area (Å²) in [6, 6.07) is 21.7. The molecule has 1 saturated heterocycles. The first-order chi connectivity index (χ1) is 24.4. The first kappa shape index (κ1) is 37.6. The molecule has 0 bridgehead atoms. The smallest absolute Gasteiger partial charge is 0.251 e. The zero-order valence-electron chi connectivity index (χ0n) is 28.6. The molecule has 0 radical (unpaired) electrons. The second kappa shape index (κ2) is 18.5. The summed E-state index contributed by atoms with van der Waals surface area (Å²) in [6.07, 6.45) is 3.61. The number of morpholine rings is 1. The molecule has 6 N–H and O–H groups in total. The number of ether oxygens (including phenoxy) is 1. The summed E-state index contributed by atoms with van der Waals surface area (Å²) in [5.41, 5.74) is 10.5. The summed E-state index contributed by atoms with van der Waals surface area (Å²) in [6.45, 7) is 5.16. The number of aromatic nitrogens is 4. The van der Waals surface area contributed by atoms with Gasteiger partial charge in [0.15, 0.2) is 5.82 Å². The molecule has 14 heteroatoms. The molecule has 13 nitrogen and oxygen atoms in total. The van der Waals surface area contributed by atoms with Crippen molar-refractivity contribution >= 4 is 35.8 Å². The second-order valence-corrected chi connectivity index (χ2v) is 13.0. The third-order valence-electron chi connectivity index (χ3n) is 9.60. The lowest BCUT2D eigenvalue weighted by Crippen LogP contribution is -2.48. The highest BCUT2D eigenvalue weighted by Gasteiger charge is 2.29. The quantitative estimate of drug-likeness (QED) is 0.139. The average Bonchev–Trinajstić information content (AvgIpc) is 3.71. The Morgan fingerprint density at radius 2 is 1.65 bits per heavy atom. The van der Waals surface area contributed by atoms with Crippen molar-refractivity contribution in [1.82, 2.24) is 36.2 Å². The van der Waals surface area contributed by atoms with Crippen LogP contribution in [0.4, 0.5) is 5.69 Å². The fourth-order valence-electron chi connectivity index (χ4n) is 6.59. The monoisotopic (exact) mass is 715 g/mol. The van der Waals surface area contributed by atoms with Crippen molar-refractivity contribution < 1.29 is 19.1 Å². The van der Waals surface area contributed by atoms with Crippen LogP contribution in [0.5, 0.6) is 0 Å². The molecule has 1 saturated carbocycles. The van der Waals surface area contributed by atoms with E-state index in [9.17, 15) is 14.4 Å². The van der Waals surface area contributed by atoms with Crippen molar-refractivity contribution in [2.75, 3.05) is 51.3 Å². The molecule has 1 atom stereocenters. The number of halogens is 1. The minimum absolute atomic E-state index is 0. The molecule has 2 fully saturated rings. The van der Waals surface area contributed by atoms with Gasteiger partial charge in [0.1, 0.15) is 6.04 Å². The molecule has 1 aliphatic carbocycles. The maximum Gasteiger partial charge on any atom is 0.251 e. The highest BCUT2D eigenvalue weighted by molar-refractivity contribution is 5.98. The maximum absolute atomic E-state index is 13.8. The van der Waals surface area contributed by atoms with E-state index < -0.39 is 6.04 Å². The van der Waals surface area contributed by atoms with Gasteiger partial charge in [-0.1, -0.05) is 36.4 Å². The van der Waals surface area contributed by atoms with Gasteiger partial charge in [-0.05, 0) is 102 Å². The first-order valence-electron chi connectivity index (χ1n) is 17.4.